The number of anilines is 1. The van der Waals surface area contributed by atoms with Crippen LogP contribution in [0.15, 0.2) is 78.5 Å². The Morgan fingerprint density at radius 1 is 0.943 bits per heavy atom. The maximum absolute atomic E-state index is 13.1. The number of carbonyl (C=O) groups excluding carboxylic acids is 3. The van der Waals surface area contributed by atoms with Crippen molar-refractivity contribution in [3.05, 3.63) is 105 Å². The van der Waals surface area contributed by atoms with Crippen LogP contribution in [0, 0.1) is 10.1 Å². The van der Waals surface area contributed by atoms with E-state index in [0.29, 0.717) is 22.6 Å². The van der Waals surface area contributed by atoms with Crippen LogP contribution in [0.2, 0.25) is 0 Å². The molecule has 0 radical (unpaired) electrons. The fraction of sp³-hybridized carbons (Fsp3) is 0.0800. The monoisotopic (exact) mass is 475 g/mol. The summed E-state index contributed by atoms with van der Waals surface area (Å²) in [6.07, 6.45) is 1.32. The van der Waals surface area contributed by atoms with E-state index in [1.54, 1.807) is 24.3 Å². The van der Waals surface area contributed by atoms with Crippen LogP contribution in [0.1, 0.15) is 26.3 Å². The highest BCUT2D eigenvalue weighted by molar-refractivity contribution is 6.11. The van der Waals surface area contributed by atoms with Gasteiger partial charge in [0, 0.05) is 17.8 Å². The Hall–Kier alpha value is -4.99. The number of benzene rings is 3. The molecule has 10 nitrogen and oxygen atoms in total. The van der Waals surface area contributed by atoms with Crippen LogP contribution in [0.3, 0.4) is 0 Å². The van der Waals surface area contributed by atoms with Crippen LogP contribution in [0.5, 0.6) is 5.75 Å². The van der Waals surface area contributed by atoms with Crippen molar-refractivity contribution in [2.75, 3.05) is 19.5 Å². The lowest BCUT2D eigenvalue weighted by Crippen LogP contribution is -2.31. The van der Waals surface area contributed by atoms with Crippen LogP contribution >= 0.6 is 0 Å². The van der Waals surface area contributed by atoms with E-state index >= 15 is 0 Å². The van der Waals surface area contributed by atoms with Crippen molar-refractivity contribution in [3.63, 3.8) is 0 Å². The summed E-state index contributed by atoms with van der Waals surface area (Å²) in [6, 6.07) is 18.0. The van der Waals surface area contributed by atoms with Gasteiger partial charge in [0.15, 0.2) is 0 Å². The maximum atomic E-state index is 13.1. The van der Waals surface area contributed by atoms with E-state index in [1.165, 1.54) is 68.8 Å². The molecule has 178 valence electrons. The average Bonchev–Trinajstić information content (AvgIpc) is 2.88. The smallest absolute Gasteiger partial charge is 0.337 e. The Kier molecular flexibility index (Phi) is 7.91. The molecule has 0 fully saturated rings. The highest BCUT2D eigenvalue weighted by Gasteiger charge is 2.18. The standard InChI is InChI=1S/C25H21N3O7/c1-34-22-9-4-3-8-20(22)23(29)27-21(15-16-6-5-7-19(14-16)28(32)33)24(30)26-18-12-10-17(11-13-18)25(31)35-2/h3-15H,1-2H3,(H,26,30)(H,27,29)/b21-15+. The van der Waals surface area contributed by atoms with Crippen molar-refractivity contribution in [2.24, 2.45) is 0 Å². The molecule has 0 saturated heterocycles. The van der Waals surface area contributed by atoms with E-state index in [0.717, 1.165) is 0 Å². The zero-order chi connectivity index (χ0) is 25.4. The third kappa shape index (κ3) is 6.29. The molecule has 0 aliphatic rings. The maximum Gasteiger partial charge on any atom is 0.337 e. The summed E-state index contributed by atoms with van der Waals surface area (Å²) >= 11 is 0. The quantitative estimate of drug-likeness (QED) is 0.219. The van der Waals surface area contributed by atoms with Crippen LogP contribution in [0.4, 0.5) is 11.4 Å². The molecule has 2 N–H and O–H groups in total. The molecule has 3 aromatic carbocycles. The molecular weight excluding hydrogens is 454 g/mol. The van der Waals surface area contributed by atoms with E-state index in [2.05, 4.69) is 15.4 Å². The first kappa shape index (κ1) is 24.6. The second-order valence-electron chi connectivity index (χ2n) is 7.09. The number of amides is 2. The van der Waals surface area contributed by atoms with E-state index in [4.69, 9.17) is 4.74 Å². The Morgan fingerprint density at radius 3 is 2.31 bits per heavy atom. The summed E-state index contributed by atoms with van der Waals surface area (Å²) in [6.45, 7) is 0. The Bertz CT molecular complexity index is 1300. The molecule has 0 aromatic heterocycles. The highest BCUT2D eigenvalue weighted by Crippen LogP contribution is 2.20. The van der Waals surface area contributed by atoms with Gasteiger partial charge in [-0.05, 0) is 48.0 Å². The van der Waals surface area contributed by atoms with Crippen LogP contribution < -0.4 is 15.4 Å². The first-order valence-electron chi connectivity index (χ1n) is 10.2. The molecule has 3 rings (SSSR count). The zero-order valence-corrected chi connectivity index (χ0v) is 18.8. The fourth-order valence-corrected chi connectivity index (χ4v) is 3.08. The predicted molar refractivity (Wildman–Crippen MR) is 128 cm³/mol. The summed E-state index contributed by atoms with van der Waals surface area (Å²) in [5, 5.41) is 16.3. The van der Waals surface area contributed by atoms with Crippen molar-refractivity contribution >= 4 is 35.2 Å². The molecule has 35 heavy (non-hydrogen) atoms. The Balaban J connectivity index is 1.93. The average molecular weight is 475 g/mol. The van der Waals surface area contributed by atoms with Crippen molar-refractivity contribution in [1.29, 1.82) is 0 Å². The number of esters is 1. The molecule has 0 heterocycles. The first-order valence-corrected chi connectivity index (χ1v) is 10.2. The largest absolute Gasteiger partial charge is 0.496 e. The van der Waals surface area contributed by atoms with Gasteiger partial charge < -0.3 is 20.1 Å². The topological polar surface area (TPSA) is 137 Å². The molecule has 0 spiro atoms. The van der Waals surface area contributed by atoms with E-state index < -0.39 is 22.7 Å². The zero-order valence-electron chi connectivity index (χ0n) is 18.8. The van der Waals surface area contributed by atoms with Gasteiger partial charge in [0.1, 0.15) is 11.4 Å². The first-order chi connectivity index (χ1) is 16.8. The number of hydrogen-bond donors (Lipinski definition) is 2. The molecule has 0 unspecified atom stereocenters. The molecule has 0 aliphatic heterocycles. The number of nitrogens with one attached hydrogen (secondary N) is 2. The molecule has 0 bridgehead atoms. The Labute approximate surface area is 200 Å². The minimum Gasteiger partial charge on any atom is -0.496 e. The van der Waals surface area contributed by atoms with Gasteiger partial charge in [-0.15, -0.1) is 0 Å². The lowest BCUT2D eigenvalue weighted by atomic mass is 10.1. The minimum absolute atomic E-state index is 0.168. The van der Waals surface area contributed by atoms with Crippen molar-refractivity contribution < 1.29 is 28.8 Å². The Morgan fingerprint density at radius 2 is 1.66 bits per heavy atom. The molecular formula is C25H21N3O7. The number of nitro groups is 1. The number of methoxy groups -OCH3 is 2. The summed E-state index contributed by atoms with van der Waals surface area (Å²) in [4.78, 5) is 48.2. The number of nitrogens with zero attached hydrogens (tertiary/aromatic N) is 1. The summed E-state index contributed by atoms with van der Waals surface area (Å²) in [7, 11) is 2.67. The number of ether oxygens (including phenoxy) is 2. The van der Waals surface area contributed by atoms with Crippen molar-refractivity contribution in [1.82, 2.24) is 5.32 Å². The van der Waals surface area contributed by atoms with Gasteiger partial charge in [0.2, 0.25) is 0 Å². The van der Waals surface area contributed by atoms with Gasteiger partial charge in [-0.2, -0.15) is 0 Å². The predicted octanol–water partition coefficient (Wildman–Crippen LogP) is 3.80. The number of nitro benzene ring substituents is 1. The van der Waals surface area contributed by atoms with E-state index in [1.807, 2.05) is 0 Å². The molecule has 10 heteroatoms. The van der Waals surface area contributed by atoms with Crippen LogP contribution in [-0.2, 0) is 9.53 Å². The van der Waals surface area contributed by atoms with Crippen molar-refractivity contribution in [2.45, 2.75) is 0 Å². The molecule has 2 amide bonds. The molecule has 0 aliphatic carbocycles. The van der Waals surface area contributed by atoms with Gasteiger partial charge >= 0.3 is 5.97 Å². The van der Waals surface area contributed by atoms with Gasteiger partial charge in [-0.25, -0.2) is 4.79 Å². The van der Waals surface area contributed by atoms with Gasteiger partial charge in [0.05, 0.1) is 30.3 Å². The summed E-state index contributed by atoms with van der Waals surface area (Å²) in [5.74, 6) is -1.53. The van der Waals surface area contributed by atoms with Crippen molar-refractivity contribution in [3.8, 4) is 5.75 Å². The minimum atomic E-state index is -0.689. The van der Waals surface area contributed by atoms with Crippen LogP contribution in [-0.4, -0.2) is 36.9 Å². The van der Waals surface area contributed by atoms with E-state index in [9.17, 15) is 24.5 Å². The highest BCUT2D eigenvalue weighted by atomic mass is 16.6. The molecule has 0 saturated carbocycles. The second-order valence-corrected chi connectivity index (χ2v) is 7.09. The fourth-order valence-electron chi connectivity index (χ4n) is 3.08. The van der Waals surface area contributed by atoms with Gasteiger partial charge in [-0.3, -0.25) is 19.7 Å². The van der Waals surface area contributed by atoms with Crippen LogP contribution in [0.25, 0.3) is 6.08 Å². The number of hydrogen-bond acceptors (Lipinski definition) is 7. The summed E-state index contributed by atoms with van der Waals surface area (Å²) < 4.78 is 9.86. The molecule has 0 atom stereocenters. The van der Waals surface area contributed by atoms with E-state index in [-0.39, 0.29) is 16.9 Å². The van der Waals surface area contributed by atoms with Gasteiger partial charge in [-0.1, -0.05) is 24.3 Å². The number of rotatable bonds is 8. The third-order valence-corrected chi connectivity index (χ3v) is 4.80. The lowest BCUT2D eigenvalue weighted by molar-refractivity contribution is -0.384. The summed E-state index contributed by atoms with van der Waals surface area (Å²) in [5.41, 5.74) is 0.814. The lowest BCUT2D eigenvalue weighted by Gasteiger charge is -2.13. The number of para-hydroxylation sites is 1. The third-order valence-electron chi connectivity index (χ3n) is 4.80. The normalized spacial score (nSPS) is 10.7. The SMILES string of the molecule is COC(=O)c1ccc(NC(=O)/C(=C\c2cccc([N+](=O)[O-])c2)NC(=O)c2ccccc2OC)cc1. The van der Waals surface area contributed by atoms with Gasteiger partial charge in [0.25, 0.3) is 17.5 Å². The second kappa shape index (κ2) is 11.2. The number of non-ortho nitro benzene ring substituents is 1. The number of carbonyl (C=O) groups is 3. The molecule has 3 aromatic rings.